The van der Waals surface area contributed by atoms with Crippen LogP contribution in [-0.2, 0) is 0 Å². The SMILES string of the molecule is c1cc(-c2cccc3c2sc2ccccc23)c(-n2c3ccccc3c3ccccc32)c(-c2cccc3c2sc2ccccc23)c1. The van der Waals surface area contributed by atoms with Gasteiger partial charge >= 0.3 is 0 Å². The maximum absolute atomic E-state index is 2.52. The molecule has 0 N–H and O–H groups in total. The van der Waals surface area contributed by atoms with E-state index in [-0.39, 0.29) is 0 Å². The molecule has 0 atom stereocenters. The van der Waals surface area contributed by atoms with E-state index in [9.17, 15) is 0 Å². The number of fused-ring (bicyclic) bond motifs is 9. The van der Waals surface area contributed by atoms with Gasteiger partial charge in [0.25, 0.3) is 0 Å². The zero-order valence-electron chi connectivity index (χ0n) is 24.2. The Kier molecular flexibility index (Phi) is 5.39. The summed E-state index contributed by atoms with van der Waals surface area (Å²) >= 11 is 3.79. The number of para-hydroxylation sites is 3. The lowest BCUT2D eigenvalue weighted by molar-refractivity contribution is 1.19. The smallest absolute Gasteiger partial charge is 0.0619 e. The second-order valence-electron chi connectivity index (χ2n) is 11.6. The number of hydrogen-bond acceptors (Lipinski definition) is 2. The molecule has 3 aromatic heterocycles. The van der Waals surface area contributed by atoms with Gasteiger partial charge in [0.1, 0.15) is 0 Å². The van der Waals surface area contributed by atoms with Gasteiger partial charge in [-0.1, -0.05) is 127 Å². The molecule has 0 saturated heterocycles. The molecule has 0 aliphatic heterocycles. The summed E-state index contributed by atoms with van der Waals surface area (Å²) in [5.74, 6) is 0. The van der Waals surface area contributed by atoms with Crippen molar-refractivity contribution in [2.45, 2.75) is 0 Å². The van der Waals surface area contributed by atoms with Crippen LogP contribution in [0.2, 0.25) is 0 Å². The summed E-state index contributed by atoms with van der Waals surface area (Å²) < 4.78 is 7.83. The van der Waals surface area contributed by atoms with E-state index in [1.165, 1.54) is 90.1 Å². The average Bonchev–Trinajstić information content (AvgIpc) is 3.78. The van der Waals surface area contributed by atoms with Crippen molar-refractivity contribution in [1.82, 2.24) is 4.57 Å². The largest absolute Gasteiger partial charge is 0.308 e. The summed E-state index contributed by atoms with van der Waals surface area (Å²) in [7, 11) is 0. The van der Waals surface area contributed by atoms with Gasteiger partial charge in [-0.2, -0.15) is 0 Å². The fourth-order valence-electron chi connectivity index (χ4n) is 7.30. The van der Waals surface area contributed by atoms with Gasteiger partial charge in [0.05, 0.1) is 16.7 Å². The second-order valence-corrected chi connectivity index (χ2v) is 13.7. The van der Waals surface area contributed by atoms with Crippen LogP contribution < -0.4 is 0 Å². The Labute approximate surface area is 267 Å². The first kappa shape index (κ1) is 25.1. The van der Waals surface area contributed by atoms with E-state index in [4.69, 9.17) is 0 Å². The lowest BCUT2D eigenvalue weighted by Gasteiger charge is -2.20. The van der Waals surface area contributed by atoms with Crippen LogP contribution in [0, 0.1) is 0 Å². The predicted octanol–water partition coefficient (Wildman–Crippen LogP) is 12.9. The van der Waals surface area contributed by atoms with Gasteiger partial charge in [-0.15, -0.1) is 22.7 Å². The quantitative estimate of drug-likeness (QED) is 0.188. The highest BCUT2D eigenvalue weighted by Crippen LogP contribution is 2.48. The van der Waals surface area contributed by atoms with Crippen LogP contribution in [-0.4, -0.2) is 4.57 Å². The van der Waals surface area contributed by atoms with Crippen molar-refractivity contribution in [3.05, 3.63) is 152 Å². The molecule has 7 aromatic carbocycles. The van der Waals surface area contributed by atoms with Crippen molar-refractivity contribution in [2.24, 2.45) is 0 Å². The van der Waals surface area contributed by atoms with Crippen LogP contribution in [0.4, 0.5) is 0 Å². The monoisotopic (exact) mass is 607 g/mol. The third kappa shape index (κ3) is 3.60. The second kappa shape index (κ2) is 9.64. The first-order valence-corrected chi connectivity index (χ1v) is 16.9. The molecule has 0 aliphatic carbocycles. The molecule has 3 heteroatoms. The van der Waals surface area contributed by atoms with Crippen LogP contribution in [0.15, 0.2) is 152 Å². The summed E-state index contributed by atoms with van der Waals surface area (Å²) in [5, 5.41) is 7.83. The molecule has 0 bridgehead atoms. The minimum Gasteiger partial charge on any atom is -0.308 e. The Bertz CT molecular complexity index is 2590. The highest BCUT2D eigenvalue weighted by molar-refractivity contribution is 7.26. The van der Waals surface area contributed by atoms with Gasteiger partial charge in [-0.3, -0.25) is 0 Å². The lowest BCUT2D eigenvalue weighted by Crippen LogP contribution is -2.00. The first-order chi connectivity index (χ1) is 22.3. The van der Waals surface area contributed by atoms with Gasteiger partial charge < -0.3 is 4.57 Å². The maximum Gasteiger partial charge on any atom is 0.0619 e. The molecule has 0 aliphatic rings. The van der Waals surface area contributed by atoms with Gasteiger partial charge in [0.15, 0.2) is 0 Å². The Balaban J connectivity index is 1.39. The minimum absolute atomic E-state index is 1.22. The topological polar surface area (TPSA) is 4.93 Å². The number of nitrogens with zero attached hydrogens (tertiary/aromatic N) is 1. The summed E-state index contributed by atoms with van der Waals surface area (Å²) in [6.07, 6.45) is 0. The van der Waals surface area contributed by atoms with Crippen LogP contribution in [0.3, 0.4) is 0 Å². The van der Waals surface area contributed by atoms with Gasteiger partial charge in [-0.05, 0) is 24.3 Å². The highest BCUT2D eigenvalue weighted by atomic mass is 32.1. The Morgan fingerprint density at radius 2 is 0.689 bits per heavy atom. The molecule has 0 amide bonds. The molecule has 210 valence electrons. The number of benzene rings is 7. The maximum atomic E-state index is 2.52. The first-order valence-electron chi connectivity index (χ1n) is 15.3. The molecule has 0 spiro atoms. The fraction of sp³-hybridized carbons (Fsp3) is 0. The normalized spacial score (nSPS) is 12.0. The standard InChI is InChI=1S/C42H25NS2/c1-5-22-36-26(12-1)27-13-2-6-23-37(27)43(36)40-30(34-20-10-18-32-28-14-3-7-24-38(28)44-41(32)34)16-9-17-31(40)35-21-11-19-33-29-15-4-8-25-39(29)45-42(33)35/h1-25H. The van der Waals surface area contributed by atoms with Crippen molar-refractivity contribution in [3.63, 3.8) is 0 Å². The molecule has 3 heterocycles. The molecule has 0 fully saturated rings. The third-order valence-electron chi connectivity index (χ3n) is 9.23. The van der Waals surface area contributed by atoms with Gasteiger partial charge in [0.2, 0.25) is 0 Å². The van der Waals surface area contributed by atoms with E-state index >= 15 is 0 Å². The fourth-order valence-corrected chi connectivity index (χ4v) is 9.76. The summed E-state index contributed by atoms with van der Waals surface area (Å²) in [6, 6.07) is 55.8. The minimum atomic E-state index is 1.22. The van der Waals surface area contributed by atoms with Crippen LogP contribution >= 0.6 is 22.7 Å². The number of thiophene rings is 2. The van der Waals surface area contributed by atoms with Crippen molar-refractivity contribution in [3.8, 4) is 27.9 Å². The van der Waals surface area contributed by atoms with E-state index in [1.54, 1.807) is 0 Å². The summed E-state index contributed by atoms with van der Waals surface area (Å²) in [4.78, 5) is 0. The van der Waals surface area contributed by atoms with Gasteiger partial charge in [0, 0.05) is 73.4 Å². The number of rotatable bonds is 3. The van der Waals surface area contributed by atoms with E-state index in [2.05, 4.69) is 156 Å². The van der Waals surface area contributed by atoms with E-state index in [0.29, 0.717) is 0 Å². The molecule has 0 saturated carbocycles. The highest BCUT2D eigenvalue weighted by Gasteiger charge is 2.22. The van der Waals surface area contributed by atoms with E-state index in [1.807, 2.05) is 22.7 Å². The van der Waals surface area contributed by atoms with Crippen molar-refractivity contribution in [2.75, 3.05) is 0 Å². The molecule has 1 nitrogen and oxygen atoms in total. The molecular formula is C42H25NS2. The van der Waals surface area contributed by atoms with Crippen LogP contribution in [0.5, 0.6) is 0 Å². The van der Waals surface area contributed by atoms with Crippen molar-refractivity contribution < 1.29 is 0 Å². The van der Waals surface area contributed by atoms with Crippen molar-refractivity contribution in [1.29, 1.82) is 0 Å². The zero-order chi connectivity index (χ0) is 29.5. The van der Waals surface area contributed by atoms with Crippen molar-refractivity contribution >= 4 is 84.8 Å². The number of hydrogen-bond donors (Lipinski definition) is 0. The zero-order valence-corrected chi connectivity index (χ0v) is 25.8. The molecule has 10 rings (SSSR count). The Morgan fingerprint density at radius 1 is 0.311 bits per heavy atom. The number of aromatic nitrogens is 1. The molecule has 0 radical (unpaired) electrons. The summed E-state index contributed by atoms with van der Waals surface area (Å²) in [5.41, 5.74) is 8.71. The van der Waals surface area contributed by atoms with E-state index < -0.39 is 0 Å². The molecule has 0 unspecified atom stereocenters. The third-order valence-corrected chi connectivity index (χ3v) is 11.7. The van der Waals surface area contributed by atoms with Crippen LogP contribution in [0.25, 0.3) is 90.1 Å². The van der Waals surface area contributed by atoms with Gasteiger partial charge in [-0.25, -0.2) is 0 Å². The lowest BCUT2D eigenvalue weighted by atomic mass is 9.94. The molecule has 10 aromatic rings. The van der Waals surface area contributed by atoms with Crippen LogP contribution in [0.1, 0.15) is 0 Å². The molecular weight excluding hydrogens is 583 g/mol. The Hall–Kier alpha value is -5.22. The van der Waals surface area contributed by atoms with E-state index in [0.717, 1.165) is 0 Å². The Morgan fingerprint density at radius 3 is 1.20 bits per heavy atom. The predicted molar refractivity (Wildman–Crippen MR) is 197 cm³/mol. The molecule has 45 heavy (non-hydrogen) atoms. The summed E-state index contributed by atoms with van der Waals surface area (Å²) in [6.45, 7) is 0. The average molecular weight is 608 g/mol.